The van der Waals surface area contributed by atoms with Crippen LogP contribution in [-0.4, -0.2) is 38.1 Å². The third kappa shape index (κ3) is 9.35. The van der Waals surface area contributed by atoms with Gasteiger partial charge in [-0.1, -0.05) is 0 Å². The average Bonchev–Trinajstić information content (AvgIpc) is 2.01. The van der Waals surface area contributed by atoms with Crippen molar-refractivity contribution < 1.29 is 17.9 Å². The van der Waals surface area contributed by atoms with E-state index < -0.39 is 12.8 Å². The summed E-state index contributed by atoms with van der Waals surface area (Å²) >= 11 is 4.68. The minimum absolute atomic E-state index is 0.0265. The van der Waals surface area contributed by atoms with Gasteiger partial charge in [-0.2, -0.15) is 13.2 Å². The van der Waals surface area contributed by atoms with E-state index in [0.717, 1.165) is 0 Å². The molecule has 0 aliphatic rings. The Kier molecular flexibility index (Phi) is 5.72. The zero-order chi connectivity index (χ0) is 10.3. The number of rotatable bonds is 4. The fourth-order valence-corrected chi connectivity index (χ4v) is 0.615. The summed E-state index contributed by atoms with van der Waals surface area (Å²) in [7, 11) is 1.62. The van der Waals surface area contributed by atoms with Gasteiger partial charge < -0.3 is 15.4 Å². The molecule has 0 fully saturated rings. The van der Waals surface area contributed by atoms with E-state index >= 15 is 0 Å². The van der Waals surface area contributed by atoms with E-state index in [2.05, 4.69) is 27.6 Å². The summed E-state index contributed by atoms with van der Waals surface area (Å²) in [5, 5.41) is 5.65. The summed E-state index contributed by atoms with van der Waals surface area (Å²) in [5.41, 5.74) is 0. The van der Waals surface area contributed by atoms with Crippen LogP contribution in [0.4, 0.5) is 13.2 Å². The Morgan fingerprint density at radius 1 is 1.46 bits per heavy atom. The summed E-state index contributed by atoms with van der Waals surface area (Å²) < 4.78 is 38.9. The first-order chi connectivity index (χ1) is 5.95. The molecule has 0 aromatic carbocycles. The molecule has 0 bridgehead atoms. The van der Waals surface area contributed by atoms with E-state index in [1.165, 1.54) is 0 Å². The van der Waals surface area contributed by atoms with Gasteiger partial charge in [-0.25, -0.2) is 0 Å². The Morgan fingerprint density at radius 3 is 2.54 bits per heavy atom. The van der Waals surface area contributed by atoms with Crippen molar-refractivity contribution in [3.05, 3.63) is 0 Å². The maximum Gasteiger partial charge on any atom is 0.411 e. The van der Waals surface area contributed by atoms with E-state index in [1.807, 2.05) is 0 Å². The highest BCUT2D eigenvalue weighted by molar-refractivity contribution is 7.80. The molecule has 0 aliphatic heterocycles. The fraction of sp³-hybridized carbons (Fsp3) is 0.833. The van der Waals surface area contributed by atoms with Crippen molar-refractivity contribution in [3.63, 3.8) is 0 Å². The van der Waals surface area contributed by atoms with Crippen molar-refractivity contribution >= 4 is 17.3 Å². The van der Waals surface area contributed by atoms with E-state index in [9.17, 15) is 13.2 Å². The van der Waals surface area contributed by atoms with Gasteiger partial charge in [0.15, 0.2) is 5.11 Å². The zero-order valence-corrected chi connectivity index (χ0v) is 7.89. The molecule has 0 aromatic heterocycles. The Bertz CT molecular complexity index is 162. The molecule has 78 valence electrons. The third-order valence-electron chi connectivity index (χ3n) is 1.02. The highest BCUT2D eigenvalue weighted by Crippen LogP contribution is 2.13. The number of hydrogen-bond donors (Lipinski definition) is 2. The van der Waals surface area contributed by atoms with Crippen LogP contribution >= 0.6 is 12.2 Å². The maximum absolute atomic E-state index is 11.5. The van der Waals surface area contributed by atoms with Crippen LogP contribution in [0.15, 0.2) is 0 Å². The van der Waals surface area contributed by atoms with Crippen LogP contribution < -0.4 is 10.6 Å². The lowest BCUT2D eigenvalue weighted by Gasteiger charge is -2.09. The Morgan fingerprint density at radius 2 is 2.08 bits per heavy atom. The molecule has 0 spiro atoms. The predicted octanol–water partition coefficient (Wildman–Crippen LogP) is 0.659. The molecule has 13 heavy (non-hydrogen) atoms. The van der Waals surface area contributed by atoms with Crippen LogP contribution in [0.5, 0.6) is 0 Å². The Hall–Kier alpha value is -0.560. The monoisotopic (exact) mass is 216 g/mol. The van der Waals surface area contributed by atoms with Gasteiger partial charge in [0.05, 0.1) is 6.61 Å². The first-order valence-electron chi connectivity index (χ1n) is 3.56. The lowest BCUT2D eigenvalue weighted by molar-refractivity contribution is -0.173. The molecule has 0 atom stereocenters. The van der Waals surface area contributed by atoms with Gasteiger partial charge in [-0.05, 0) is 12.2 Å². The summed E-state index contributed by atoms with van der Waals surface area (Å²) in [5.74, 6) is 0. The van der Waals surface area contributed by atoms with Crippen molar-refractivity contribution in [2.24, 2.45) is 0 Å². The van der Waals surface area contributed by atoms with Crippen molar-refractivity contribution in [1.29, 1.82) is 0 Å². The molecule has 0 heterocycles. The number of thiocarbonyl (C=S) groups is 1. The van der Waals surface area contributed by atoms with Gasteiger partial charge in [0.25, 0.3) is 0 Å². The highest BCUT2D eigenvalue weighted by atomic mass is 32.1. The Balaban J connectivity index is 3.22. The number of nitrogens with one attached hydrogen (secondary N) is 2. The molecule has 0 unspecified atom stereocenters. The molecule has 2 N–H and O–H groups in total. The number of hydrogen-bond acceptors (Lipinski definition) is 2. The summed E-state index contributed by atoms with van der Waals surface area (Å²) in [6, 6.07) is 0. The van der Waals surface area contributed by atoms with Crippen molar-refractivity contribution in [3.8, 4) is 0 Å². The van der Waals surface area contributed by atoms with Crippen molar-refractivity contribution in [2.75, 3.05) is 26.8 Å². The second-order valence-electron chi connectivity index (χ2n) is 2.17. The smallest absolute Gasteiger partial charge is 0.370 e. The van der Waals surface area contributed by atoms with Gasteiger partial charge in [-0.3, -0.25) is 0 Å². The van der Waals surface area contributed by atoms with Crippen molar-refractivity contribution in [2.45, 2.75) is 6.18 Å². The maximum atomic E-state index is 11.5. The van der Waals surface area contributed by atoms with Gasteiger partial charge in [0, 0.05) is 13.6 Å². The van der Waals surface area contributed by atoms with E-state index in [1.54, 1.807) is 7.05 Å². The van der Waals surface area contributed by atoms with Crippen LogP contribution in [0.3, 0.4) is 0 Å². The first kappa shape index (κ1) is 12.4. The molecular weight excluding hydrogens is 205 g/mol. The van der Waals surface area contributed by atoms with Crippen LogP contribution in [0, 0.1) is 0 Å². The summed E-state index contributed by atoms with van der Waals surface area (Å²) in [6.45, 7) is -0.988. The minimum atomic E-state index is -4.26. The molecule has 3 nitrogen and oxygen atoms in total. The largest absolute Gasteiger partial charge is 0.411 e. The second-order valence-corrected chi connectivity index (χ2v) is 2.58. The third-order valence-corrected chi connectivity index (χ3v) is 1.37. The SMILES string of the molecule is CNC(=S)NCCOCC(F)(F)F. The molecule has 0 rings (SSSR count). The van der Waals surface area contributed by atoms with E-state index in [0.29, 0.717) is 5.11 Å². The predicted molar refractivity (Wildman–Crippen MR) is 46.5 cm³/mol. The number of alkyl halides is 3. The average molecular weight is 216 g/mol. The Labute approximate surface area is 79.6 Å². The molecule has 0 aliphatic carbocycles. The van der Waals surface area contributed by atoms with E-state index in [-0.39, 0.29) is 13.2 Å². The van der Waals surface area contributed by atoms with Crippen LogP contribution in [0.2, 0.25) is 0 Å². The number of ether oxygens (including phenoxy) is 1. The fourth-order valence-electron chi connectivity index (χ4n) is 0.513. The summed E-state index contributed by atoms with van der Waals surface area (Å²) in [6.07, 6.45) is -4.26. The van der Waals surface area contributed by atoms with Gasteiger partial charge >= 0.3 is 6.18 Å². The normalized spacial score (nSPS) is 11.1. The molecule has 7 heteroatoms. The lowest BCUT2D eigenvalue weighted by atomic mass is 10.6. The topological polar surface area (TPSA) is 33.3 Å². The standard InChI is InChI=1S/C6H11F3N2OS/c1-10-5(13)11-2-3-12-4-6(7,8)9/h2-4H2,1H3,(H2,10,11,13). The van der Waals surface area contributed by atoms with Crippen LogP contribution in [0.25, 0.3) is 0 Å². The van der Waals surface area contributed by atoms with Crippen LogP contribution in [0.1, 0.15) is 0 Å². The molecule has 0 radical (unpaired) electrons. The molecular formula is C6H11F3N2OS. The summed E-state index contributed by atoms with van der Waals surface area (Å²) in [4.78, 5) is 0. The van der Waals surface area contributed by atoms with Gasteiger partial charge in [0.2, 0.25) is 0 Å². The molecule has 0 amide bonds. The first-order valence-corrected chi connectivity index (χ1v) is 3.96. The zero-order valence-electron chi connectivity index (χ0n) is 7.07. The van der Waals surface area contributed by atoms with Crippen molar-refractivity contribution in [1.82, 2.24) is 10.6 Å². The van der Waals surface area contributed by atoms with Gasteiger partial charge in [-0.15, -0.1) is 0 Å². The van der Waals surface area contributed by atoms with E-state index in [4.69, 9.17) is 0 Å². The molecule has 0 aromatic rings. The minimum Gasteiger partial charge on any atom is -0.370 e. The molecule has 0 saturated heterocycles. The van der Waals surface area contributed by atoms with Gasteiger partial charge in [0.1, 0.15) is 6.61 Å². The molecule has 0 saturated carbocycles. The second kappa shape index (κ2) is 5.98. The number of halogens is 3. The van der Waals surface area contributed by atoms with Crippen LogP contribution in [-0.2, 0) is 4.74 Å². The quantitative estimate of drug-likeness (QED) is 0.534. The highest BCUT2D eigenvalue weighted by Gasteiger charge is 2.27. The lowest BCUT2D eigenvalue weighted by Crippen LogP contribution is -2.35.